The van der Waals surface area contributed by atoms with Crippen LogP contribution in [0.5, 0.6) is 0 Å². The van der Waals surface area contributed by atoms with Crippen LogP contribution in [-0.4, -0.2) is 17.3 Å². The van der Waals surface area contributed by atoms with Gasteiger partial charge in [-0.15, -0.1) is 0 Å². The van der Waals surface area contributed by atoms with Gasteiger partial charge < -0.3 is 10.7 Å². The van der Waals surface area contributed by atoms with Crippen LogP contribution in [-0.2, 0) is 4.79 Å². The topological polar surface area (TPSA) is 72.3 Å². The fourth-order valence-corrected chi connectivity index (χ4v) is 0.713. The fourth-order valence-electron chi connectivity index (χ4n) is 0.713. The number of carbonyl (C=O) groups excluding carboxylic acids is 1. The van der Waals surface area contributed by atoms with Gasteiger partial charge in [-0.1, -0.05) is 13.8 Å². The first-order valence-electron chi connectivity index (χ1n) is 4.00. The normalized spacial score (nSPS) is 11.0. The lowest BCUT2D eigenvalue weighted by molar-refractivity contribution is -0.122. The molecule has 0 aromatic carbocycles. The number of carbonyl (C=O) groups is 1. The van der Waals surface area contributed by atoms with Gasteiger partial charge in [0.1, 0.15) is 5.78 Å². The van der Waals surface area contributed by atoms with Crippen LogP contribution >= 0.6 is 0 Å². The van der Waals surface area contributed by atoms with Crippen molar-refractivity contribution in [2.24, 2.45) is 17.5 Å². The molecule has 0 radical (unpaired) electrons. The molecule has 4 N–H and O–H groups in total. The summed E-state index contributed by atoms with van der Waals surface area (Å²) in [6, 6.07) is 0. The van der Waals surface area contributed by atoms with Gasteiger partial charge in [0.2, 0.25) is 0 Å². The van der Waals surface area contributed by atoms with E-state index in [9.17, 15) is 4.79 Å². The molecule has 0 spiro atoms. The van der Waals surface area contributed by atoms with Gasteiger partial charge in [0.05, 0.1) is 0 Å². The molecule has 0 aromatic rings. The predicted octanol–water partition coefficient (Wildman–Crippen LogP) is 0.207. The predicted molar refractivity (Wildman–Crippen MR) is 48.7 cm³/mol. The highest BCUT2D eigenvalue weighted by Crippen LogP contribution is 1.98. The fraction of sp³-hybridized carbons (Fsp3) is 0.625. The van der Waals surface area contributed by atoms with Crippen LogP contribution in [0.4, 0.5) is 0 Å². The first-order chi connectivity index (χ1) is 5.57. The second-order valence-electron chi connectivity index (χ2n) is 2.95. The van der Waals surface area contributed by atoms with E-state index in [4.69, 9.17) is 11.6 Å². The maximum absolute atomic E-state index is 11.1. The minimum Gasteiger partial charge on any atom is -0.403 e. The zero-order valence-electron chi connectivity index (χ0n) is 7.66. The van der Waals surface area contributed by atoms with Crippen molar-refractivity contribution in [2.45, 2.75) is 20.3 Å². The largest absolute Gasteiger partial charge is 0.403 e. The van der Waals surface area contributed by atoms with Gasteiger partial charge in [0, 0.05) is 31.3 Å². The van der Waals surface area contributed by atoms with Gasteiger partial charge in [-0.25, -0.2) is 5.84 Å². The summed E-state index contributed by atoms with van der Waals surface area (Å²) in [6.07, 6.45) is 3.35. The lowest BCUT2D eigenvalue weighted by Crippen LogP contribution is -2.28. The quantitative estimate of drug-likeness (QED) is 0.458. The summed E-state index contributed by atoms with van der Waals surface area (Å²) < 4.78 is 0. The summed E-state index contributed by atoms with van der Waals surface area (Å²) >= 11 is 0. The highest BCUT2D eigenvalue weighted by molar-refractivity contribution is 5.80. The van der Waals surface area contributed by atoms with E-state index in [1.165, 1.54) is 17.4 Å². The van der Waals surface area contributed by atoms with Crippen molar-refractivity contribution in [2.75, 3.05) is 6.54 Å². The average Bonchev–Trinajstić information content (AvgIpc) is 2.00. The van der Waals surface area contributed by atoms with E-state index < -0.39 is 0 Å². The molecule has 0 heterocycles. The molecule has 12 heavy (non-hydrogen) atoms. The standard InChI is InChI=1S/C8H17N3O/c1-7(2)8(12)3-5-11(10)6-4-9/h4,6-7H,3,5,9-10H2,1-2H3/b6-4-. The van der Waals surface area contributed by atoms with E-state index >= 15 is 0 Å². The molecule has 0 saturated heterocycles. The first-order valence-corrected chi connectivity index (χ1v) is 4.00. The van der Waals surface area contributed by atoms with Crippen molar-refractivity contribution in [3.8, 4) is 0 Å². The lowest BCUT2D eigenvalue weighted by atomic mass is 10.1. The molecule has 0 bridgehead atoms. The van der Waals surface area contributed by atoms with Crippen molar-refractivity contribution >= 4 is 5.78 Å². The number of hydrazine groups is 1. The van der Waals surface area contributed by atoms with Crippen LogP contribution < -0.4 is 11.6 Å². The van der Waals surface area contributed by atoms with Gasteiger partial charge in [0.25, 0.3) is 0 Å². The Hall–Kier alpha value is -1.03. The highest BCUT2D eigenvalue weighted by Gasteiger charge is 2.06. The average molecular weight is 171 g/mol. The van der Waals surface area contributed by atoms with Crippen molar-refractivity contribution in [3.63, 3.8) is 0 Å². The molecular weight excluding hydrogens is 154 g/mol. The van der Waals surface area contributed by atoms with Gasteiger partial charge in [-0.05, 0) is 0 Å². The molecule has 4 nitrogen and oxygen atoms in total. The number of Topliss-reactive ketones (excluding diaryl/α,β-unsaturated/α-hetero) is 1. The maximum atomic E-state index is 11.1. The van der Waals surface area contributed by atoms with E-state index in [-0.39, 0.29) is 11.7 Å². The van der Waals surface area contributed by atoms with Crippen LogP contribution in [0.2, 0.25) is 0 Å². The molecule has 70 valence electrons. The van der Waals surface area contributed by atoms with E-state index in [2.05, 4.69) is 0 Å². The molecule has 4 heteroatoms. The molecule has 0 aliphatic carbocycles. The zero-order valence-corrected chi connectivity index (χ0v) is 7.66. The Kier molecular flexibility index (Phi) is 5.12. The number of hydrogen-bond acceptors (Lipinski definition) is 4. The van der Waals surface area contributed by atoms with Crippen LogP contribution in [0.1, 0.15) is 20.3 Å². The van der Waals surface area contributed by atoms with E-state index in [1.807, 2.05) is 13.8 Å². The van der Waals surface area contributed by atoms with Crippen molar-refractivity contribution in [1.82, 2.24) is 5.01 Å². The van der Waals surface area contributed by atoms with Crippen molar-refractivity contribution < 1.29 is 4.79 Å². The third kappa shape index (κ3) is 4.73. The highest BCUT2D eigenvalue weighted by atomic mass is 16.1. The summed E-state index contributed by atoms with van der Waals surface area (Å²) in [5.74, 6) is 5.75. The first kappa shape index (κ1) is 11.0. The van der Waals surface area contributed by atoms with Crippen molar-refractivity contribution in [3.05, 3.63) is 12.4 Å². The SMILES string of the molecule is CC(C)C(=O)CCN(N)/C=C\N. The Morgan fingerprint density at radius 3 is 2.58 bits per heavy atom. The third-order valence-electron chi connectivity index (χ3n) is 1.54. The van der Waals surface area contributed by atoms with Crippen LogP contribution in [0.3, 0.4) is 0 Å². The van der Waals surface area contributed by atoms with Gasteiger partial charge in [-0.3, -0.25) is 4.79 Å². The Balaban J connectivity index is 3.61. The summed E-state index contributed by atoms with van der Waals surface area (Å²) in [5, 5.41) is 1.40. The molecule has 0 atom stereocenters. The maximum Gasteiger partial charge on any atom is 0.137 e. The second kappa shape index (κ2) is 5.60. The van der Waals surface area contributed by atoms with Gasteiger partial charge in [-0.2, -0.15) is 0 Å². The number of nitrogens with two attached hydrogens (primary N) is 2. The minimum absolute atomic E-state index is 0.0836. The minimum atomic E-state index is 0.0836. The van der Waals surface area contributed by atoms with Crippen LogP contribution in [0, 0.1) is 5.92 Å². The number of hydrogen-bond donors (Lipinski definition) is 2. The monoisotopic (exact) mass is 171 g/mol. The van der Waals surface area contributed by atoms with Gasteiger partial charge in [0.15, 0.2) is 0 Å². The molecule has 0 aliphatic heterocycles. The molecule has 0 unspecified atom stereocenters. The molecule has 0 saturated carbocycles. The number of ketones is 1. The summed E-state index contributed by atoms with van der Waals surface area (Å²) in [6.45, 7) is 4.27. The number of rotatable bonds is 5. The third-order valence-corrected chi connectivity index (χ3v) is 1.54. The van der Waals surface area contributed by atoms with E-state index in [0.717, 1.165) is 0 Å². The smallest absolute Gasteiger partial charge is 0.137 e. The summed E-state index contributed by atoms with van der Waals surface area (Å²) in [4.78, 5) is 11.1. The van der Waals surface area contributed by atoms with Crippen LogP contribution in [0.25, 0.3) is 0 Å². The zero-order chi connectivity index (χ0) is 9.56. The van der Waals surface area contributed by atoms with Gasteiger partial charge >= 0.3 is 0 Å². The van der Waals surface area contributed by atoms with Crippen molar-refractivity contribution in [1.29, 1.82) is 0 Å². The second-order valence-corrected chi connectivity index (χ2v) is 2.95. The summed E-state index contributed by atoms with van der Waals surface area (Å²) in [5.41, 5.74) is 5.11. The Labute approximate surface area is 73.2 Å². The Bertz CT molecular complexity index is 166. The molecule has 0 aromatic heterocycles. The molecular formula is C8H17N3O. The molecule has 0 rings (SSSR count). The molecule has 0 amide bonds. The van der Waals surface area contributed by atoms with Crippen LogP contribution in [0.15, 0.2) is 12.4 Å². The van der Waals surface area contributed by atoms with E-state index in [1.54, 1.807) is 0 Å². The molecule has 0 aliphatic rings. The lowest BCUT2D eigenvalue weighted by Gasteiger charge is -2.12. The van der Waals surface area contributed by atoms with E-state index in [0.29, 0.717) is 13.0 Å². The Morgan fingerprint density at radius 1 is 1.58 bits per heavy atom. The number of nitrogens with zero attached hydrogens (tertiary/aromatic N) is 1. The molecule has 0 fully saturated rings. The Morgan fingerprint density at radius 2 is 2.17 bits per heavy atom. The summed E-state index contributed by atoms with van der Waals surface area (Å²) in [7, 11) is 0.